The number of carbonyl (C=O) groups excluding carboxylic acids is 2. The number of amides is 3. The zero-order valence-electron chi connectivity index (χ0n) is 28.9. The Bertz CT molecular complexity index is 2010. The van der Waals surface area contributed by atoms with E-state index < -0.39 is 27.5 Å². The van der Waals surface area contributed by atoms with Crippen molar-refractivity contribution in [3.05, 3.63) is 89.0 Å². The summed E-state index contributed by atoms with van der Waals surface area (Å²) in [6.45, 7) is 10.7. The number of nitriles is 1. The van der Waals surface area contributed by atoms with Crippen LogP contribution < -0.4 is 14.4 Å². The van der Waals surface area contributed by atoms with Crippen LogP contribution >= 0.6 is 0 Å². The number of rotatable bonds is 8. The lowest BCUT2D eigenvalue weighted by atomic mass is 9.71. The first kappa shape index (κ1) is 33.7. The van der Waals surface area contributed by atoms with Crippen molar-refractivity contribution in [1.29, 1.82) is 5.26 Å². The molecular formula is C38H42N6O6S. The molecule has 4 saturated heterocycles. The van der Waals surface area contributed by atoms with Crippen LogP contribution in [0.5, 0.6) is 5.75 Å². The number of nitrogens with one attached hydrogen (secondary N) is 1. The average molecular weight is 711 g/mol. The van der Waals surface area contributed by atoms with Crippen molar-refractivity contribution in [2.24, 2.45) is 5.41 Å². The van der Waals surface area contributed by atoms with Crippen LogP contribution in [0.3, 0.4) is 0 Å². The van der Waals surface area contributed by atoms with Gasteiger partial charge in [-0.2, -0.15) is 9.57 Å². The minimum atomic E-state index is -4.45. The molecule has 0 aliphatic carbocycles. The number of ether oxygens (including phenoxy) is 2. The van der Waals surface area contributed by atoms with Gasteiger partial charge in [0.2, 0.25) is 0 Å². The summed E-state index contributed by atoms with van der Waals surface area (Å²) in [7, 11) is -4.45. The summed E-state index contributed by atoms with van der Waals surface area (Å²) in [6.07, 6.45) is 2.26. The number of para-hydroxylation sites is 1. The molecule has 3 amide bonds. The Balaban J connectivity index is 1.09. The molecule has 0 aromatic heterocycles. The summed E-state index contributed by atoms with van der Waals surface area (Å²) in [6, 6.07) is 20.2. The van der Waals surface area contributed by atoms with Gasteiger partial charge in [0.15, 0.2) is 5.54 Å². The molecule has 1 spiro atoms. The summed E-state index contributed by atoms with van der Waals surface area (Å²) in [4.78, 5) is 36.1. The number of carbonyl (C=O) groups is 2. The van der Waals surface area contributed by atoms with Gasteiger partial charge >= 0.3 is 6.03 Å². The quantitative estimate of drug-likeness (QED) is 0.373. The van der Waals surface area contributed by atoms with Crippen molar-refractivity contribution in [1.82, 2.24) is 20.0 Å². The van der Waals surface area contributed by atoms with Crippen LogP contribution in [-0.2, 0) is 25.1 Å². The number of urea groups is 1. The van der Waals surface area contributed by atoms with Crippen LogP contribution in [0.2, 0.25) is 0 Å². The van der Waals surface area contributed by atoms with E-state index in [0.717, 1.165) is 62.1 Å². The van der Waals surface area contributed by atoms with E-state index in [1.54, 1.807) is 41.3 Å². The second-order valence-corrected chi connectivity index (χ2v) is 16.3. The minimum Gasteiger partial charge on any atom is -0.493 e. The minimum absolute atomic E-state index is 0.000929. The number of likely N-dealkylation sites (tertiary alicyclic amines) is 3. The van der Waals surface area contributed by atoms with E-state index >= 15 is 4.79 Å². The van der Waals surface area contributed by atoms with Crippen LogP contribution in [0.4, 0.5) is 10.5 Å². The molecule has 0 radical (unpaired) electrons. The maximum atomic E-state index is 15.1. The van der Waals surface area contributed by atoms with Crippen molar-refractivity contribution in [2.45, 2.75) is 49.2 Å². The Hall–Kier alpha value is -4.48. The van der Waals surface area contributed by atoms with E-state index in [-0.39, 0.29) is 39.3 Å². The zero-order chi connectivity index (χ0) is 35.5. The molecule has 0 saturated carbocycles. The lowest BCUT2D eigenvalue weighted by Crippen LogP contribution is -2.76. The first-order chi connectivity index (χ1) is 24.6. The molecule has 0 unspecified atom stereocenters. The Morgan fingerprint density at radius 1 is 0.961 bits per heavy atom. The second kappa shape index (κ2) is 12.6. The number of nitrogens with zero attached hydrogens (tertiary/aromatic N) is 5. The van der Waals surface area contributed by atoms with Crippen LogP contribution in [0.15, 0.2) is 71.6 Å². The number of piperidine rings is 1. The Morgan fingerprint density at radius 2 is 1.67 bits per heavy atom. The number of fused-ring (bicyclic) bond motifs is 1. The summed E-state index contributed by atoms with van der Waals surface area (Å²) < 4.78 is 40.8. The highest BCUT2D eigenvalue weighted by molar-refractivity contribution is 7.93. The number of aryl methyl sites for hydroxylation is 1. The van der Waals surface area contributed by atoms with E-state index in [9.17, 15) is 18.5 Å². The molecule has 3 aromatic carbocycles. The molecule has 51 heavy (non-hydrogen) atoms. The van der Waals surface area contributed by atoms with Gasteiger partial charge in [0, 0.05) is 61.9 Å². The third kappa shape index (κ3) is 5.47. The summed E-state index contributed by atoms with van der Waals surface area (Å²) in [5.74, 6) is -0.555. The van der Waals surface area contributed by atoms with Gasteiger partial charge in [0.05, 0.1) is 48.1 Å². The number of hydrogen-bond donors (Lipinski definition) is 1. The highest BCUT2D eigenvalue weighted by Gasteiger charge is 2.60. The molecule has 0 bridgehead atoms. The van der Waals surface area contributed by atoms with Gasteiger partial charge in [-0.05, 0) is 63.1 Å². The smallest absolute Gasteiger partial charge is 0.318 e. The summed E-state index contributed by atoms with van der Waals surface area (Å²) in [5, 5.41) is 12.9. The summed E-state index contributed by atoms with van der Waals surface area (Å²) >= 11 is 0. The van der Waals surface area contributed by atoms with Crippen LogP contribution in [-0.4, -0.2) is 106 Å². The largest absolute Gasteiger partial charge is 0.493 e. The second-order valence-electron chi connectivity index (χ2n) is 14.6. The standard InChI is InChI=1S/C38H42N6O6S/c1-3-50-34-7-5-4-6-31(34)38(32-18-27(19-39)10-13-33(32)44(35(38)45)51(47,48)30-11-8-26(2)9-12-30)40-36(46)43-24-37(25-43)22-42(23-37)28-14-16-41(17-15-28)29-20-49-21-29/h4-13,18,28-29H,3,14-17,20-25H2,1-2H3,(H,40,46)/t38-/m1/s1. The van der Waals surface area contributed by atoms with E-state index in [4.69, 9.17) is 9.47 Å². The lowest BCUT2D eigenvalue weighted by Gasteiger charge is -2.62. The number of benzene rings is 3. The van der Waals surface area contributed by atoms with Gasteiger partial charge in [-0.15, -0.1) is 0 Å². The number of sulfonamides is 1. The maximum absolute atomic E-state index is 15.1. The van der Waals surface area contributed by atoms with Gasteiger partial charge in [-0.25, -0.2) is 13.2 Å². The zero-order valence-corrected chi connectivity index (χ0v) is 29.7. The number of hydrogen-bond acceptors (Lipinski definition) is 9. The SMILES string of the molecule is CCOc1ccccc1[C@]1(NC(=O)N2CC3(C2)CN(C2CCN(C4COC4)CC2)C3)C(=O)N(S(=O)(=O)c2ccc(C)cc2)c2ccc(C#N)cc21. The fourth-order valence-electron chi connectivity index (χ4n) is 8.49. The van der Waals surface area contributed by atoms with E-state index in [2.05, 4.69) is 21.2 Å². The third-order valence-corrected chi connectivity index (χ3v) is 13.0. The Labute approximate surface area is 298 Å². The molecule has 13 heteroatoms. The molecule has 3 aromatic rings. The van der Waals surface area contributed by atoms with Crippen LogP contribution in [0.1, 0.15) is 42.0 Å². The van der Waals surface area contributed by atoms with Crippen LogP contribution in [0, 0.1) is 23.7 Å². The molecular weight excluding hydrogens is 669 g/mol. The lowest BCUT2D eigenvalue weighted by molar-refractivity contribution is -0.129. The van der Waals surface area contributed by atoms with Gasteiger partial charge in [0.1, 0.15) is 5.75 Å². The molecule has 4 fully saturated rings. The van der Waals surface area contributed by atoms with Crippen molar-refractivity contribution >= 4 is 27.6 Å². The normalized spacial score (nSPS) is 23.6. The molecule has 8 rings (SSSR count). The molecule has 5 heterocycles. The monoisotopic (exact) mass is 710 g/mol. The fraction of sp³-hybridized carbons (Fsp3) is 0.447. The van der Waals surface area contributed by atoms with E-state index in [1.807, 2.05) is 13.8 Å². The number of anilines is 1. The van der Waals surface area contributed by atoms with E-state index in [0.29, 0.717) is 30.9 Å². The Morgan fingerprint density at radius 3 is 2.31 bits per heavy atom. The van der Waals surface area contributed by atoms with Crippen molar-refractivity contribution in [2.75, 3.05) is 63.4 Å². The highest BCUT2D eigenvalue weighted by atomic mass is 32.2. The molecule has 1 atom stereocenters. The average Bonchev–Trinajstić information content (AvgIpc) is 3.31. The Kier molecular flexibility index (Phi) is 8.33. The molecule has 1 N–H and O–H groups in total. The molecule has 5 aliphatic rings. The van der Waals surface area contributed by atoms with Gasteiger partial charge in [-0.3, -0.25) is 14.6 Å². The van der Waals surface area contributed by atoms with Crippen molar-refractivity contribution < 1.29 is 27.5 Å². The van der Waals surface area contributed by atoms with Crippen molar-refractivity contribution in [3.8, 4) is 11.8 Å². The predicted octanol–water partition coefficient (Wildman–Crippen LogP) is 3.43. The fourth-order valence-corrected chi connectivity index (χ4v) is 9.95. The molecule has 5 aliphatic heterocycles. The predicted molar refractivity (Wildman–Crippen MR) is 189 cm³/mol. The van der Waals surface area contributed by atoms with Crippen molar-refractivity contribution in [3.63, 3.8) is 0 Å². The first-order valence-corrected chi connectivity index (χ1v) is 19.1. The van der Waals surface area contributed by atoms with E-state index in [1.165, 1.54) is 30.3 Å². The molecule has 266 valence electrons. The third-order valence-electron chi connectivity index (χ3n) is 11.3. The highest BCUT2D eigenvalue weighted by Crippen LogP contribution is 2.50. The van der Waals surface area contributed by atoms with Gasteiger partial charge < -0.3 is 19.7 Å². The van der Waals surface area contributed by atoms with Gasteiger partial charge in [-0.1, -0.05) is 35.9 Å². The topological polar surface area (TPSA) is 136 Å². The van der Waals surface area contributed by atoms with Crippen LogP contribution in [0.25, 0.3) is 0 Å². The van der Waals surface area contributed by atoms with Gasteiger partial charge in [0.25, 0.3) is 15.9 Å². The first-order valence-electron chi connectivity index (χ1n) is 17.6. The summed E-state index contributed by atoms with van der Waals surface area (Å²) in [5.41, 5.74) is -0.388. The molecule has 12 nitrogen and oxygen atoms in total. The maximum Gasteiger partial charge on any atom is 0.318 e.